The van der Waals surface area contributed by atoms with Crippen LogP contribution in [0.15, 0.2) is 11.1 Å². The summed E-state index contributed by atoms with van der Waals surface area (Å²) in [6.45, 7) is 13.0. The van der Waals surface area contributed by atoms with Crippen molar-refractivity contribution in [1.82, 2.24) is 20.4 Å². The normalized spacial score (nSPS) is 17.7. The van der Waals surface area contributed by atoms with E-state index in [1.165, 1.54) is 5.69 Å². The van der Waals surface area contributed by atoms with Crippen LogP contribution in [0.4, 0.5) is 0 Å². The highest BCUT2D eigenvalue weighted by atomic mass is 16.5. The Labute approximate surface area is 157 Å². The van der Waals surface area contributed by atoms with Crippen molar-refractivity contribution in [2.75, 3.05) is 46.1 Å². The molecule has 0 aliphatic carbocycles. The van der Waals surface area contributed by atoms with Crippen molar-refractivity contribution in [2.45, 2.75) is 46.6 Å². The molecule has 148 valence electrons. The van der Waals surface area contributed by atoms with Crippen molar-refractivity contribution in [3.63, 3.8) is 0 Å². The maximum Gasteiger partial charge on any atom is 0.191 e. The van der Waals surface area contributed by atoms with E-state index in [1.807, 2.05) is 6.92 Å². The van der Waals surface area contributed by atoms with Crippen molar-refractivity contribution in [1.29, 1.82) is 0 Å². The third-order valence-electron chi connectivity index (χ3n) is 4.38. The lowest BCUT2D eigenvalue weighted by Gasteiger charge is -2.12. The summed E-state index contributed by atoms with van der Waals surface area (Å²) in [5.74, 6) is 1.47. The molecule has 1 aliphatic heterocycles. The smallest absolute Gasteiger partial charge is 0.191 e. The van der Waals surface area contributed by atoms with Crippen LogP contribution < -0.4 is 10.6 Å². The van der Waals surface area contributed by atoms with Crippen LogP contribution in [0.2, 0.25) is 0 Å². The Kier molecular flexibility index (Phi) is 9.48. The van der Waals surface area contributed by atoms with E-state index in [9.17, 15) is 0 Å². The number of hydrogen-bond acceptors (Lipinski definition) is 4. The van der Waals surface area contributed by atoms with E-state index in [0.717, 1.165) is 83.5 Å². The molecular formula is C19H35N5O2. The molecule has 1 saturated heterocycles. The number of aromatic nitrogens is 2. The molecule has 1 unspecified atom stereocenters. The van der Waals surface area contributed by atoms with Gasteiger partial charge in [0.2, 0.25) is 0 Å². The molecule has 0 aromatic carbocycles. The van der Waals surface area contributed by atoms with Crippen LogP contribution in [0.25, 0.3) is 0 Å². The van der Waals surface area contributed by atoms with Crippen LogP contribution in [0.5, 0.6) is 0 Å². The highest BCUT2D eigenvalue weighted by molar-refractivity contribution is 5.79. The molecule has 0 radical (unpaired) electrons. The number of hydrogen-bond donors (Lipinski definition) is 2. The summed E-state index contributed by atoms with van der Waals surface area (Å²) in [4.78, 5) is 4.64. The molecule has 7 nitrogen and oxygen atoms in total. The van der Waals surface area contributed by atoms with Crippen molar-refractivity contribution >= 4 is 5.96 Å². The highest BCUT2D eigenvalue weighted by Crippen LogP contribution is 2.12. The lowest BCUT2D eigenvalue weighted by atomic mass is 10.1. The van der Waals surface area contributed by atoms with Gasteiger partial charge in [-0.05, 0) is 46.1 Å². The molecule has 2 N–H and O–H groups in total. The second-order valence-corrected chi connectivity index (χ2v) is 6.85. The molecule has 7 heteroatoms. The van der Waals surface area contributed by atoms with Crippen LogP contribution >= 0.6 is 0 Å². The van der Waals surface area contributed by atoms with Crippen LogP contribution in [-0.2, 0) is 16.0 Å². The van der Waals surface area contributed by atoms with E-state index in [4.69, 9.17) is 9.47 Å². The van der Waals surface area contributed by atoms with Gasteiger partial charge in [0.1, 0.15) is 0 Å². The Morgan fingerprint density at radius 2 is 2.27 bits per heavy atom. The summed E-state index contributed by atoms with van der Waals surface area (Å²) < 4.78 is 13.1. The molecule has 1 aromatic heterocycles. The average molecular weight is 366 g/mol. The topological polar surface area (TPSA) is 72.7 Å². The number of rotatable bonds is 11. The zero-order valence-corrected chi connectivity index (χ0v) is 16.6. The van der Waals surface area contributed by atoms with Crippen molar-refractivity contribution < 1.29 is 9.47 Å². The first-order chi connectivity index (χ1) is 12.7. The number of aliphatic imine (C=N–C) groups is 1. The SMILES string of the molecule is CCNC(=NCCCn1nc(C)cc1C)NCCCOCC1CCOC1. The third-order valence-corrected chi connectivity index (χ3v) is 4.38. The molecule has 1 atom stereocenters. The van der Waals surface area contributed by atoms with Gasteiger partial charge in [-0.1, -0.05) is 0 Å². The Morgan fingerprint density at radius 1 is 1.38 bits per heavy atom. The van der Waals surface area contributed by atoms with Crippen LogP contribution in [-0.4, -0.2) is 61.8 Å². The second kappa shape index (κ2) is 11.9. The molecule has 1 aromatic rings. The first-order valence-electron chi connectivity index (χ1n) is 9.87. The summed E-state index contributed by atoms with van der Waals surface area (Å²) in [5, 5.41) is 11.2. The minimum Gasteiger partial charge on any atom is -0.381 e. The Bertz CT molecular complexity index is 538. The fourth-order valence-electron chi connectivity index (χ4n) is 3.00. The monoisotopic (exact) mass is 365 g/mol. The Morgan fingerprint density at radius 3 is 2.96 bits per heavy atom. The van der Waals surface area contributed by atoms with Gasteiger partial charge < -0.3 is 20.1 Å². The summed E-state index contributed by atoms with van der Waals surface area (Å²) >= 11 is 0. The molecule has 0 saturated carbocycles. The van der Waals surface area contributed by atoms with Gasteiger partial charge >= 0.3 is 0 Å². The van der Waals surface area contributed by atoms with E-state index in [-0.39, 0.29) is 0 Å². The summed E-state index contributed by atoms with van der Waals surface area (Å²) in [5.41, 5.74) is 2.28. The molecule has 0 bridgehead atoms. The number of ether oxygens (including phenoxy) is 2. The lowest BCUT2D eigenvalue weighted by Crippen LogP contribution is -2.38. The third kappa shape index (κ3) is 7.74. The largest absolute Gasteiger partial charge is 0.381 e. The summed E-state index contributed by atoms with van der Waals surface area (Å²) in [6.07, 6.45) is 3.09. The maximum absolute atomic E-state index is 5.73. The number of nitrogens with zero attached hydrogens (tertiary/aromatic N) is 3. The fraction of sp³-hybridized carbons (Fsp3) is 0.789. The van der Waals surface area contributed by atoms with E-state index in [0.29, 0.717) is 5.92 Å². The first kappa shape index (κ1) is 20.7. The van der Waals surface area contributed by atoms with Gasteiger partial charge in [0.25, 0.3) is 0 Å². The first-order valence-corrected chi connectivity index (χ1v) is 9.87. The quantitative estimate of drug-likeness (QED) is 0.356. The number of guanidine groups is 1. The predicted molar refractivity (Wildman–Crippen MR) is 105 cm³/mol. The molecule has 2 heterocycles. The van der Waals surface area contributed by atoms with Crippen LogP contribution in [0.1, 0.15) is 37.6 Å². The lowest BCUT2D eigenvalue weighted by molar-refractivity contribution is 0.0888. The average Bonchev–Trinajstić information content (AvgIpc) is 3.24. The van der Waals surface area contributed by atoms with Gasteiger partial charge in [-0.25, -0.2) is 0 Å². The van der Waals surface area contributed by atoms with Gasteiger partial charge in [-0.2, -0.15) is 5.10 Å². The minimum atomic E-state index is 0.587. The molecule has 1 aliphatic rings. The Hall–Kier alpha value is -1.60. The standard InChI is InChI=1S/C19H35N5O2/c1-4-20-19(21-8-5-10-24-17(3)13-16(2)23-24)22-9-6-11-25-14-18-7-12-26-15-18/h13,18H,4-12,14-15H2,1-3H3,(H2,20,21,22). The van der Waals surface area contributed by atoms with Gasteiger partial charge in [0.15, 0.2) is 5.96 Å². The molecule has 2 rings (SSSR count). The van der Waals surface area contributed by atoms with E-state index >= 15 is 0 Å². The van der Waals surface area contributed by atoms with E-state index < -0.39 is 0 Å². The van der Waals surface area contributed by atoms with Gasteiger partial charge in [-0.15, -0.1) is 0 Å². The number of nitrogens with one attached hydrogen (secondary N) is 2. The summed E-state index contributed by atoms with van der Waals surface area (Å²) in [6, 6.07) is 2.11. The van der Waals surface area contributed by atoms with E-state index in [1.54, 1.807) is 0 Å². The van der Waals surface area contributed by atoms with Crippen molar-refractivity contribution in [3.8, 4) is 0 Å². The zero-order valence-electron chi connectivity index (χ0n) is 16.6. The fourth-order valence-corrected chi connectivity index (χ4v) is 3.00. The maximum atomic E-state index is 5.73. The Balaban J connectivity index is 1.57. The van der Waals surface area contributed by atoms with Crippen molar-refractivity contribution in [2.24, 2.45) is 10.9 Å². The number of aryl methyl sites for hydroxylation is 3. The predicted octanol–water partition coefficient (Wildman–Crippen LogP) is 1.89. The molecule has 26 heavy (non-hydrogen) atoms. The highest BCUT2D eigenvalue weighted by Gasteiger charge is 2.15. The molecule has 1 fully saturated rings. The van der Waals surface area contributed by atoms with Crippen LogP contribution in [0.3, 0.4) is 0 Å². The summed E-state index contributed by atoms with van der Waals surface area (Å²) in [7, 11) is 0. The second-order valence-electron chi connectivity index (χ2n) is 6.85. The molecule has 0 amide bonds. The van der Waals surface area contributed by atoms with Crippen LogP contribution in [0, 0.1) is 19.8 Å². The van der Waals surface area contributed by atoms with Crippen molar-refractivity contribution in [3.05, 3.63) is 17.5 Å². The van der Waals surface area contributed by atoms with Gasteiger partial charge in [0.05, 0.1) is 18.9 Å². The van der Waals surface area contributed by atoms with Gasteiger partial charge in [0, 0.05) is 51.0 Å². The van der Waals surface area contributed by atoms with E-state index in [2.05, 4.69) is 45.3 Å². The molecule has 0 spiro atoms. The minimum absolute atomic E-state index is 0.587. The van der Waals surface area contributed by atoms with Gasteiger partial charge in [-0.3, -0.25) is 9.67 Å². The molecular weight excluding hydrogens is 330 g/mol. The zero-order chi connectivity index (χ0) is 18.6.